The number of ether oxygens (including phenoxy) is 1. The Hall–Kier alpha value is -1.50. The molecule has 0 radical (unpaired) electrons. The van der Waals surface area contributed by atoms with Gasteiger partial charge >= 0.3 is 6.09 Å². The van der Waals surface area contributed by atoms with Crippen molar-refractivity contribution in [3.63, 3.8) is 0 Å². The standard InChI is InChI=1S/C11H16N2O2/c1-11(2,3)15-10(14)13-7-5-9(8-13)4-6-12/h4H,5,7-8H2,1-3H3/b9-4-. The number of amides is 1. The molecule has 1 amide bonds. The van der Waals surface area contributed by atoms with Gasteiger partial charge in [-0.1, -0.05) is 0 Å². The molecule has 0 atom stereocenters. The first-order valence-corrected chi connectivity index (χ1v) is 4.98. The lowest BCUT2D eigenvalue weighted by molar-refractivity contribution is 0.0299. The summed E-state index contributed by atoms with van der Waals surface area (Å²) in [4.78, 5) is 13.2. The molecule has 15 heavy (non-hydrogen) atoms. The highest BCUT2D eigenvalue weighted by Crippen LogP contribution is 2.18. The van der Waals surface area contributed by atoms with E-state index in [0.717, 1.165) is 12.0 Å². The highest BCUT2D eigenvalue weighted by molar-refractivity contribution is 5.69. The summed E-state index contributed by atoms with van der Waals surface area (Å²) in [7, 11) is 0. The Kier molecular flexibility index (Phi) is 3.35. The van der Waals surface area contributed by atoms with Gasteiger partial charge in [-0.15, -0.1) is 0 Å². The Labute approximate surface area is 90.1 Å². The molecule has 0 spiro atoms. The largest absolute Gasteiger partial charge is 0.444 e. The lowest BCUT2D eigenvalue weighted by Gasteiger charge is -2.23. The number of rotatable bonds is 0. The molecule has 1 rings (SSSR count). The second kappa shape index (κ2) is 4.35. The van der Waals surface area contributed by atoms with Crippen molar-refractivity contribution in [2.45, 2.75) is 32.8 Å². The maximum Gasteiger partial charge on any atom is 0.410 e. The predicted octanol–water partition coefficient (Wildman–Crippen LogP) is 2.08. The zero-order valence-electron chi connectivity index (χ0n) is 9.41. The fourth-order valence-corrected chi connectivity index (χ4v) is 1.37. The first-order valence-electron chi connectivity index (χ1n) is 4.98. The molecule has 4 nitrogen and oxygen atoms in total. The molecule has 0 N–H and O–H groups in total. The molecule has 1 aliphatic rings. The summed E-state index contributed by atoms with van der Waals surface area (Å²) in [5.74, 6) is 0. The van der Waals surface area contributed by atoms with Crippen molar-refractivity contribution in [3.8, 4) is 6.07 Å². The van der Waals surface area contributed by atoms with E-state index in [4.69, 9.17) is 10.00 Å². The summed E-state index contributed by atoms with van der Waals surface area (Å²) in [5, 5.41) is 8.48. The Bertz CT molecular complexity index is 320. The van der Waals surface area contributed by atoms with Gasteiger partial charge in [0.15, 0.2) is 0 Å². The van der Waals surface area contributed by atoms with Gasteiger partial charge in [-0.25, -0.2) is 4.79 Å². The molecule has 0 saturated carbocycles. The number of likely N-dealkylation sites (tertiary alicyclic amines) is 1. The normalized spacial score (nSPS) is 19.1. The third-order valence-electron chi connectivity index (χ3n) is 2.02. The molecule has 1 aliphatic heterocycles. The number of carbonyl (C=O) groups excluding carboxylic acids is 1. The number of nitriles is 1. The first-order chi connectivity index (χ1) is 6.92. The van der Waals surface area contributed by atoms with Gasteiger partial charge in [0.05, 0.1) is 6.07 Å². The Morgan fingerprint density at radius 1 is 1.60 bits per heavy atom. The van der Waals surface area contributed by atoms with Crippen molar-refractivity contribution in [2.24, 2.45) is 0 Å². The van der Waals surface area contributed by atoms with Crippen LogP contribution in [-0.2, 0) is 4.74 Å². The molecule has 0 unspecified atom stereocenters. The Morgan fingerprint density at radius 2 is 2.27 bits per heavy atom. The summed E-state index contributed by atoms with van der Waals surface area (Å²) in [6.07, 6.45) is 1.97. The Balaban J connectivity index is 2.52. The van der Waals surface area contributed by atoms with Crippen LogP contribution in [0.15, 0.2) is 11.6 Å². The van der Waals surface area contributed by atoms with E-state index in [0.29, 0.717) is 13.1 Å². The monoisotopic (exact) mass is 208 g/mol. The van der Waals surface area contributed by atoms with Crippen molar-refractivity contribution in [1.29, 1.82) is 5.26 Å². The van der Waals surface area contributed by atoms with Gasteiger partial charge in [0.1, 0.15) is 5.60 Å². The molecule has 1 fully saturated rings. The molecule has 0 aromatic carbocycles. The van der Waals surface area contributed by atoms with Crippen LogP contribution in [-0.4, -0.2) is 29.7 Å². The van der Waals surface area contributed by atoms with E-state index >= 15 is 0 Å². The van der Waals surface area contributed by atoms with Crippen molar-refractivity contribution < 1.29 is 9.53 Å². The van der Waals surface area contributed by atoms with E-state index in [2.05, 4.69) is 0 Å². The summed E-state index contributed by atoms with van der Waals surface area (Å²) < 4.78 is 5.22. The minimum Gasteiger partial charge on any atom is -0.444 e. The van der Waals surface area contributed by atoms with E-state index in [9.17, 15) is 4.79 Å². The van der Waals surface area contributed by atoms with Crippen molar-refractivity contribution in [3.05, 3.63) is 11.6 Å². The minimum absolute atomic E-state index is 0.302. The van der Waals surface area contributed by atoms with E-state index in [1.165, 1.54) is 6.08 Å². The van der Waals surface area contributed by atoms with Crippen LogP contribution < -0.4 is 0 Å². The van der Waals surface area contributed by atoms with Crippen molar-refractivity contribution in [1.82, 2.24) is 4.90 Å². The molecule has 0 aromatic heterocycles. The van der Waals surface area contributed by atoms with Gasteiger partial charge in [-0.05, 0) is 32.8 Å². The molecule has 0 aliphatic carbocycles. The zero-order valence-corrected chi connectivity index (χ0v) is 9.41. The average Bonchev–Trinajstić information content (AvgIpc) is 2.50. The number of nitrogens with zero attached hydrogens (tertiary/aromatic N) is 2. The van der Waals surface area contributed by atoms with Gasteiger partial charge in [-0.3, -0.25) is 0 Å². The van der Waals surface area contributed by atoms with Gasteiger partial charge < -0.3 is 9.64 Å². The van der Waals surface area contributed by atoms with E-state index < -0.39 is 5.60 Å². The molecule has 82 valence electrons. The molecule has 1 heterocycles. The maximum atomic E-state index is 11.6. The van der Waals surface area contributed by atoms with Crippen LogP contribution in [0.3, 0.4) is 0 Å². The average molecular weight is 208 g/mol. The van der Waals surface area contributed by atoms with Gasteiger partial charge in [0, 0.05) is 19.2 Å². The minimum atomic E-state index is -0.460. The summed E-state index contributed by atoms with van der Waals surface area (Å²) in [6.45, 7) is 6.68. The van der Waals surface area contributed by atoms with Gasteiger partial charge in [0.2, 0.25) is 0 Å². The highest BCUT2D eigenvalue weighted by Gasteiger charge is 2.26. The molecule has 1 saturated heterocycles. The maximum absolute atomic E-state index is 11.6. The number of hydrogen-bond acceptors (Lipinski definition) is 3. The van der Waals surface area contributed by atoms with E-state index in [-0.39, 0.29) is 6.09 Å². The van der Waals surface area contributed by atoms with Crippen LogP contribution in [0, 0.1) is 11.3 Å². The number of allylic oxidation sites excluding steroid dienone is 1. The smallest absolute Gasteiger partial charge is 0.410 e. The fourth-order valence-electron chi connectivity index (χ4n) is 1.37. The highest BCUT2D eigenvalue weighted by atomic mass is 16.6. The molecular weight excluding hydrogens is 192 g/mol. The summed E-state index contributed by atoms with van der Waals surface area (Å²) >= 11 is 0. The fraction of sp³-hybridized carbons (Fsp3) is 0.636. The summed E-state index contributed by atoms with van der Waals surface area (Å²) in [5.41, 5.74) is 0.530. The lowest BCUT2D eigenvalue weighted by atomic mass is 10.2. The second-order valence-corrected chi connectivity index (χ2v) is 4.58. The lowest BCUT2D eigenvalue weighted by Crippen LogP contribution is -2.34. The molecular formula is C11H16N2O2. The summed E-state index contributed by atoms with van der Waals surface area (Å²) in [6, 6.07) is 1.98. The molecule has 4 heteroatoms. The van der Waals surface area contributed by atoms with Gasteiger partial charge in [0.25, 0.3) is 0 Å². The quantitative estimate of drug-likeness (QED) is 0.573. The van der Waals surface area contributed by atoms with E-state index in [1.54, 1.807) is 4.90 Å². The van der Waals surface area contributed by atoms with Crippen LogP contribution in [0.1, 0.15) is 27.2 Å². The molecule has 0 bridgehead atoms. The zero-order chi connectivity index (χ0) is 11.5. The van der Waals surface area contributed by atoms with Crippen LogP contribution >= 0.6 is 0 Å². The topological polar surface area (TPSA) is 53.3 Å². The molecule has 0 aromatic rings. The third-order valence-corrected chi connectivity index (χ3v) is 2.02. The van der Waals surface area contributed by atoms with Crippen molar-refractivity contribution in [2.75, 3.05) is 13.1 Å². The van der Waals surface area contributed by atoms with Crippen LogP contribution in [0.2, 0.25) is 0 Å². The van der Waals surface area contributed by atoms with Gasteiger partial charge in [-0.2, -0.15) is 5.26 Å². The first kappa shape index (κ1) is 11.6. The third kappa shape index (κ3) is 3.62. The predicted molar refractivity (Wildman–Crippen MR) is 56.1 cm³/mol. The van der Waals surface area contributed by atoms with Crippen LogP contribution in [0.4, 0.5) is 4.79 Å². The number of carbonyl (C=O) groups is 1. The second-order valence-electron chi connectivity index (χ2n) is 4.58. The van der Waals surface area contributed by atoms with Crippen LogP contribution in [0.25, 0.3) is 0 Å². The Morgan fingerprint density at radius 3 is 2.80 bits per heavy atom. The van der Waals surface area contributed by atoms with Crippen LogP contribution in [0.5, 0.6) is 0 Å². The number of hydrogen-bond donors (Lipinski definition) is 0. The van der Waals surface area contributed by atoms with E-state index in [1.807, 2.05) is 26.8 Å². The SMILES string of the molecule is CC(C)(C)OC(=O)N1CC/C(=C/C#N)C1. The van der Waals surface area contributed by atoms with Crippen molar-refractivity contribution >= 4 is 6.09 Å².